The summed E-state index contributed by atoms with van der Waals surface area (Å²) in [6, 6.07) is 9.90. The average molecular weight is 431 g/mol. The maximum Gasteiger partial charge on any atom is 0.250 e. The molecule has 0 aliphatic heterocycles. The average Bonchev–Trinajstić information content (AvgIpc) is 3.06. The van der Waals surface area contributed by atoms with Crippen LogP contribution in [0.1, 0.15) is 19.4 Å². The molecular formula is C16H19BrN2O3S2. The fourth-order valence-corrected chi connectivity index (χ4v) is 4.85. The number of thiophene rings is 1. The summed E-state index contributed by atoms with van der Waals surface area (Å²) < 4.78 is 28.3. The summed E-state index contributed by atoms with van der Waals surface area (Å²) >= 11 is 4.54. The molecule has 2 rings (SSSR count). The second kappa shape index (κ2) is 8.24. The van der Waals surface area contributed by atoms with Gasteiger partial charge in [0.15, 0.2) is 0 Å². The first-order chi connectivity index (χ1) is 11.3. The highest BCUT2D eigenvalue weighted by Gasteiger charge is 2.28. The van der Waals surface area contributed by atoms with Crippen LogP contribution in [-0.4, -0.2) is 20.4 Å². The van der Waals surface area contributed by atoms with Gasteiger partial charge in [-0.3, -0.25) is 4.79 Å². The molecule has 0 radical (unpaired) electrons. The maximum atomic E-state index is 12.5. The van der Waals surface area contributed by atoms with Crippen molar-refractivity contribution < 1.29 is 13.2 Å². The molecule has 0 bridgehead atoms. The SMILES string of the molecule is CC(C)[C@@H](NS(=O)(=O)c1cccs1)C(=O)NCc1ccccc1Br. The van der Waals surface area contributed by atoms with Gasteiger partial charge in [-0.15, -0.1) is 11.3 Å². The van der Waals surface area contributed by atoms with Crippen LogP contribution in [-0.2, 0) is 21.4 Å². The van der Waals surface area contributed by atoms with E-state index >= 15 is 0 Å². The number of nitrogens with one attached hydrogen (secondary N) is 2. The zero-order valence-corrected chi connectivity index (χ0v) is 16.5. The first-order valence-corrected chi connectivity index (χ1v) is 10.5. The Morgan fingerprint density at radius 3 is 2.50 bits per heavy atom. The van der Waals surface area contributed by atoms with Crippen molar-refractivity contribution in [2.24, 2.45) is 5.92 Å². The number of halogens is 1. The van der Waals surface area contributed by atoms with Crippen LogP contribution >= 0.6 is 27.3 Å². The molecule has 0 unspecified atom stereocenters. The minimum absolute atomic E-state index is 0.182. The number of carbonyl (C=O) groups excluding carboxylic acids is 1. The fraction of sp³-hybridized carbons (Fsp3) is 0.312. The molecule has 0 saturated heterocycles. The zero-order valence-electron chi connectivity index (χ0n) is 13.3. The number of hydrogen-bond acceptors (Lipinski definition) is 4. The molecule has 5 nitrogen and oxygen atoms in total. The molecule has 130 valence electrons. The molecule has 1 atom stereocenters. The zero-order chi connectivity index (χ0) is 17.7. The van der Waals surface area contributed by atoms with E-state index in [0.29, 0.717) is 6.54 Å². The highest BCUT2D eigenvalue weighted by Crippen LogP contribution is 2.18. The second-order valence-corrected chi connectivity index (χ2v) is 9.33. The van der Waals surface area contributed by atoms with Gasteiger partial charge in [-0.25, -0.2) is 8.42 Å². The number of rotatable bonds is 7. The molecule has 1 aromatic carbocycles. The van der Waals surface area contributed by atoms with Crippen LogP contribution in [0.5, 0.6) is 0 Å². The number of hydrogen-bond donors (Lipinski definition) is 2. The van der Waals surface area contributed by atoms with E-state index in [1.54, 1.807) is 25.3 Å². The summed E-state index contributed by atoms with van der Waals surface area (Å²) in [4.78, 5) is 12.5. The Bertz CT molecular complexity index is 789. The predicted octanol–water partition coefficient (Wildman–Crippen LogP) is 3.13. The molecular weight excluding hydrogens is 412 g/mol. The number of amides is 1. The summed E-state index contributed by atoms with van der Waals surface area (Å²) in [5.74, 6) is -0.528. The Morgan fingerprint density at radius 1 is 1.21 bits per heavy atom. The Morgan fingerprint density at radius 2 is 1.92 bits per heavy atom. The highest BCUT2D eigenvalue weighted by molar-refractivity contribution is 9.10. The molecule has 1 aromatic heterocycles. The molecule has 0 aliphatic rings. The third-order valence-electron chi connectivity index (χ3n) is 3.40. The molecule has 0 saturated carbocycles. The van der Waals surface area contributed by atoms with Crippen LogP contribution < -0.4 is 10.0 Å². The van der Waals surface area contributed by atoms with Crippen LogP contribution in [0.4, 0.5) is 0 Å². The Kier molecular flexibility index (Phi) is 6.56. The number of sulfonamides is 1. The lowest BCUT2D eigenvalue weighted by atomic mass is 10.0. The van der Waals surface area contributed by atoms with Crippen molar-refractivity contribution in [2.45, 2.75) is 30.6 Å². The van der Waals surface area contributed by atoms with Crippen molar-refractivity contribution in [3.05, 3.63) is 51.8 Å². The minimum atomic E-state index is -3.70. The number of carbonyl (C=O) groups is 1. The first kappa shape index (κ1) is 19.1. The van der Waals surface area contributed by atoms with E-state index in [1.165, 1.54) is 6.07 Å². The lowest BCUT2D eigenvalue weighted by molar-refractivity contribution is -0.123. The van der Waals surface area contributed by atoms with Gasteiger partial charge in [-0.1, -0.05) is 54.0 Å². The molecule has 2 aromatic rings. The standard InChI is InChI=1S/C16H19BrN2O3S2/c1-11(2)15(19-24(21,22)14-8-5-9-23-14)16(20)18-10-12-6-3-4-7-13(12)17/h3-9,11,15,19H,10H2,1-2H3,(H,18,20)/t15-/m1/s1. The molecule has 8 heteroatoms. The minimum Gasteiger partial charge on any atom is -0.351 e. The molecule has 1 heterocycles. The van der Waals surface area contributed by atoms with E-state index in [1.807, 2.05) is 24.3 Å². The largest absolute Gasteiger partial charge is 0.351 e. The van der Waals surface area contributed by atoms with Crippen molar-refractivity contribution in [1.29, 1.82) is 0 Å². The normalized spacial score (nSPS) is 13.0. The molecule has 24 heavy (non-hydrogen) atoms. The maximum absolute atomic E-state index is 12.5. The number of benzene rings is 1. The third kappa shape index (κ3) is 4.89. The van der Waals surface area contributed by atoms with Gasteiger partial charge in [0, 0.05) is 11.0 Å². The van der Waals surface area contributed by atoms with Crippen molar-refractivity contribution >= 4 is 43.2 Å². The summed E-state index contributed by atoms with van der Waals surface area (Å²) in [5.41, 5.74) is 0.925. The third-order valence-corrected chi connectivity index (χ3v) is 7.01. The Labute approximate surface area is 154 Å². The molecule has 1 amide bonds. The van der Waals surface area contributed by atoms with Gasteiger partial charge < -0.3 is 5.32 Å². The lowest BCUT2D eigenvalue weighted by Crippen LogP contribution is -2.49. The summed E-state index contributed by atoms with van der Waals surface area (Å²) in [6.07, 6.45) is 0. The van der Waals surface area contributed by atoms with Gasteiger partial charge >= 0.3 is 0 Å². The smallest absolute Gasteiger partial charge is 0.250 e. The highest BCUT2D eigenvalue weighted by atomic mass is 79.9. The molecule has 2 N–H and O–H groups in total. The van der Waals surface area contributed by atoms with Crippen molar-refractivity contribution in [3.63, 3.8) is 0 Å². The van der Waals surface area contributed by atoms with Gasteiger partial charge in [-0.2, -0.15) is 4.72 Å². The summed E-state index contributed by atoms with van der Waals surface area (Å²) in [6.45, 7) is 3.93. The predicted molar refractivity (Wildman–Crippen MR) is 99.3 cm³/mol. The van der Waals surface area contributed by atoms with Crippen molar-refractivity contribution in [2.75, 3.05) is 0 Å². The van der Waals surface area contributed by atoms with Gasteiger partial charge in [0.25, 0.3) is 10.0 Å². The quantitative estimate of drug-likeness (QED) is 0.708. The van der Waals surface area contributed by atoms with Crippen LogP contribution in [0.2, 0.25) is 0 Å². The van der Waals surface area contributed by atoms with Crippen LogP contribution in [0.25, 0.3) is 0 Å². The molecule has 0 aliphatic carbocycles. The van der Waals surface area contributed by atoms with E-state index in [-0.39, 0.29) is 16.0 Å². The Balaban J connectivity index is 2.07. The fourth-order valence-electron chi connectivity index (χ4n) is 2.07. The van der Waals surface area contributed by atoms with Crippen LogP contribution in [0, 0.1) is 5.92 Å². The van der Waals surface area contributed by atoms with E-state index in [0.717, 1.165) is 21.4 Å². The van der Waals surface area contributed by atoms with E-state index < -0.39 is 16.1 Å². The summed E-state index contributed by atoms with van der Waals surface area (Å²) in [7, 11) is -3.70. The van der Waals surface area contributed by atoms with Gasteiger partial charge in [-0.05, 0) is 29.0 Å². The molecule has 0 spiro atoms. The van der Waals surface area contributed by atoms with E-state index in [9.17, 15) is 13.2 Å². The van der Waals surface area contributed by atoms with Gasteiger partial charge in [0.05, 0.1) is 0 Å². The van der Waals surface area contributed by atoms with Crippen LogP contribution in [0.15, 0.2) is 50.5 Å². The second-order valence-electron chi connectivity index (χ2n) is 5.58. The van der Waals surface area contributed by atoms with E-state index in [4.69, 9.17) is 0 Å². The molecule has 0 fully saturated rings. The Hall–Kier alpha value is -1.22. The lowest BCUT2D eigenvalue weighted by Gasteiger charge is -2.21. The van der Waals surface area contributed by atoms with Gasteiger partial charge in [0.2, 0.25) is 5.91 Å². The van der Waals surface area contributed by atoms with Crippen molar-refractivity contribution in [3.8, 4) is 0 Å². The first-order valence-electron chi connectivity index (χ1n) is 7.38. The topological polar surface area (TPSA) is 75.3 Å². The van der Waals surface area contributed by atoms with E-state index in [2.05, 4.69) is 26.0 Å². The summed E-state index contributed by atoms with van der Waals surface area (Å²) in [5, 5.41) is 4.48. The van der Waals surface area contributed by atoms with Crippen LogP contribution in [0.3, 0.4) is 0 Å². The monoisotopic (exact) mass is 430 g/mol. The van der Waals surface area contributed by atoms with Crippen molar-refractivity contribution in [1.82, 2.24) is 10.0 Å². The van der Waals surface area contributed by atoms with Gasteiger partial charge in [0.1, 0.15) is 10.3 Å².